The SMILES string of the molecule is Cc1nc(C(F)F)cc(CN)c1C(=O)O. The van der Waals surface area contributed by atoms with E-state index in [0.717, 1.165) is 6.07 Å². The van der Waals surface area contributed by atoms with Crippen molar-refractivity contribution >= 4 is 5.97 Å². The molecule has 0 unspecified atom stereocenters. The van der Waals surface area contributed by atoms with Crippen LogP contribution in [-0.4, -0.2) is 16.1 Å². The molecule has 1 heterocycles. The van der Waals surface area contributed by atoms with E-state index in [1.807, 2.05) is 0 Å². The summed E-state index contributed by atoms with van der Waals surface area (Å²) in [5.41, 5.74) is 4.98. The van der Waals surface area contributed by atoms with Gasteiger partial charge in [-0.15, -0.1) is 0 Å². The summed E-state index contributed by atoms with van der Waals surface area (Å²) < 4.78 is 24.7. The lowest BCUT2D eigenvalue weighted by molar-refractivity contribution is 0.0693. The van der Waals surface area contributed by atoms with Gasteiger partial charge in [0.25, 0.3) is 6.43 Å². The van der Waals surface area contributed by atoms with E-state index >= 15 is 0 Å². The molecule has 3 N–H and O–H groups in total. The zero-order chi connectivity index (χ0) is 11.6. The first-order chi connectivity index (χ1) is 6.97. The van der Waals surface area contributed by atoms with Crippen LogP contribution in [0.3, 0.4) is 0 Å². The minimum atomic E-state index is -2.73. The molecule has 82 valence electrons. The monoisotopic (exact) mass is 216 g/mol. The quantitative estimate of drug-likeness (QED) is 0.802. The van der Waals surface area contributed by atoms with Gasteiger partial charge in [-0.1, -0.05) is 0 Å². The van der Waals surface area contributed by atoms with Crippen LogP contribution in [0.5, 0.6) is 0 Å². The van der Waals surface area contributed by atoms with Crippen LogP contribution < -0.4 is 5.73 Å². The van der Waals surface area contributed by atoms with Crippen LogP contribution in [0.4, 0.5) is 8.78 Å². The molecule has 0 saturated heterocycles. The molecule has 0 spiro atoms. The first kappa shape index (κ1) is 11.5. The summed E-state index contributed by atoms with van der Waals surface area (Å²) in [5, 5.41) is 8.82. The van der Waals surface area contributed by atoms with Crippen molar-refractivity contribution in [3.63, 3.8) is 0 Å². The highest BCUT2D eigenvalue weighted by atomic mass is 19.3. The van der Waals surface area contributed by atoms with E-state index in [9.17, 15) is 13.6 Å². The van der Waals surface area contributed by atoms with E-state index < -0.39 is 18.1 Å². The maximum atomic E-state index is 12.3. The Morgan fingerprint density at radius 1 is 1.67 bits per heavy atom. The van der Waals surface area contributed by atoms with Gasteiger partial charge in [0.1, 0.15) is 5.69 Å². The molecule has 1 aromatic heterocycles. The highest BCUT2D eigenvalue weighted by Gasteiger charge is 2.18. The Morgan fingerprint density at radius 3 is 2.67 bits per heavy atom. The molecule has 6 heteroatoms. The third-order valence-electron chi connectivity index (χ3n) is 1.96. The average Bonchev–Trinajstić information content (AvgIpc) is 2.15. The van der Waals surface area contributed by atoms with Gasteiger partial charge in [0, 0.05) is 6.54 Å². The zero-order valence-electron chi connectivity index (χ0n) is 8.00. The fraction of sp³-hybridized carbons (Fsp3) is 0.333. The fourth-order valence-corrected chi connectivity index (χ4v) is 1.33. The molecule has 0 aromatic carbocycles. The number of pyridine rings is 1. The number of alkyl halides is 2. The smallest absolute Gasteiger partial charge is 0.337 e. The van der Waals surface area contributed by atoms with E-state index in [4.69, 9.17) is 10.8 Å². The Hall–Kier alpha value is -1.56. The number of nitrogens with zero attached hydrogens (tertiary/aromatic N) is 1. The summed E-state index contributed by atoms with van der Waals surface area (Å²) in [6, 6.07) is 1.03. The van der Waals surface area contributed by atoms with Crippen molar-refractivity contribution in [3.8, 4) is 0 Å². The molecule has 0 aliphatic rings. The van der Waals surface area contributed by atoms with E-state index in [-0.39, 0.29) is 23.4 Å². The van der Waals surface area contributed by atoms with Crippen LogP contribution in [0, 0.1) is 6.92 Å². The summed E-state index contributed by atoms with van der Waals surface area (Å²) in [4.78, 5) is 14.3. The third kappa shape index (κ3) is 2.27. The molecular weight excluding hydrogens is 206 g/mol. The second kappa shape index (κ2) is 4.31. The van der Waals surface area contributed by atoms with Gasteiger partial charge in [0.15, 0.2) is 0 Å². The van der Waals surface area contributed by atoms with Gasteiger partial charge >= 0.3 is 5.97 Å². The molecule has 0 radical (unpaired) electrons. The molecule has 0 saturated carbocycles. The first-order valence-corrected chi connectivity index (χ1v) is 4.19. The van der Waals surface area contributed by atoms with E-state index in [1.165, 1.54) is 6.92 Å². The van der Waals surface area contributed by atoms with Crippen LogP contribution in [0.1, 0.15) is 33.7 Å². The molecule has 0 atom stereocenters. The molecule has 0 aliphatic heterocycles. The van der Waals surface area contributed by atoms with Crippen molar-refractivity contribution in [1.82, 2.24) is 4.98 Å². The number of carboxylic acid groups (broad SMARTS) is 1. The third-order valence-corrected chi connectivity index (χ3v) is 1.96. The fourth-order valence-electron chi connectivity index (χ4n) is 1.33. The second-order valence-corrected chi connectivity index (χ2v) is 2.98. The normalized spacial score (nSPS) is 10.7. The van der Waals surface area contributed by atoms with Crippen molar-refractivity contribution in [1.29, 1.82) is 0 Å². The van der Waals surface area contributed by atoms with Crippen LogP contribution in [0.2, 0.25) is 0 Å². The van der Waals surface area contributed by atoms with Crippen molar-refractivity contribution in [2.45, 2.75) is 19.9 Å². The summed E-state index contributed by atoms with van der Waals surface area (Å²) in [7, 11) is 0. The molecule has 1 rings (SSSR count). The van der Waals surface area contributed by atoms with E-state index in [2.05, 4.69) is 4.98 Å². The van der Waals surface area contributed by atoms with Crippen LogP contribution in [-0.2, 0) is 6.54 Å². The van der Waals surface area contributed by atoms with Crippen molar-refractivity contribution in [2.75, 3.05) is 0 Å². The minimum Gasteiger partial charge on any atom is -0.478 e. The maximum absolute atomic E-state index is 12.3. The van der Waals surface area contributed by atoms with Crippen molar-refractivity contribution < 1.29 is 18.7 Å². The number of aromatic nitrogens is 1. The number of hydrogen-bond donors (Lipinski definition) is 2. The van der Waals surface area contributed by atoms with Gasteiger partial charge in [-0.2, -0.15) is 0 Å². The molecule has 15 heavy (non-hydrogen) atoms. The number of hydrogen-bond acceptors (Lipinski definition) is 3. The number of carboxylic acids is 1. The summed E-state index contributed by atoms with van der Waals surface area (Å²) in [5.74, 6) is -1.21. The number of nitrogens with two attached hydrogens (primary N) is 1. The number of aromatic carboxylic acids is 1. The first-order valence-electron chi connectivity index (χ1n) is 4.19. The largest absolute Gasteiger partial charge is 0.478 e. The number of halogens is 2. The topological polar surface area (TPSA) is 76.2 Å². The Morgan fingerprint density at radius 2 is 2.27 bits per heavy atom. The molecule has 1 aromatic rings. The molecule has 0 aliphatic carbocycles. The van der Waals surface area contributed by atoms with Crippen LogP contribution >= 0.6 is 0 Å². The standard InChI is InChI=1S/C9H10F2N2O2/c1-4-7(9(14)15)5(3-12)2-6(13-4)8(10)11/h2,8H,3,12H2,1H3,(H,14,15). The van der Waals surface area contributed by atoms with E-state index in [0.29, 0.717) is 0 Å². The molecule has 0 amide bonds. The predicted octanol–water partition coefficient (Wildman–Crippen LogP) is 1.48. The van der Waals surface area contributed by atoms with Gasteiger partial charge in [-0.05, 0) is 18.6 Å². The lowest BCUT2D eigenvalue weighted by Gasteiger charge is -2.09. The highest BCUT2D eigenvalue weighted by Crippen LogP contribution is 2.21. The van der Waals surface area contributed by atoms with Crippen LogP contribution in [0.25, 0.3) is 0 Å². The molecule has 4 nitrogen and oxygen atoms in total. The lowest BCUT2D eigenvalue weighted by atomic mass is 10.1. The van der Waals surface area contributed by atoms with Crippen LogP contribution in [0.15, 0.2) is 6.07 Å². The van der Waals surface area contributed by atoms with Gasteiger partial charge in [-0.25, -0.2) is 13.6 Å². The number of aryl methyl sites for hydroxylation is 1. The zero-order valence-corrected chi connectivity index (χ0v) is 8.00. The number of carbonyl (C=O) groups is 1. The van der Waals surface area contributed by atoms with Gasteiger partial charge < -0.3 is 10.8 Å². The Kier molecular flexibility index (Phi) is 3.31. The van der Waals surface area contributed by atoms with Gasteiger partial charge in [-0.3, -0.25) is 4.98 Å². The van der Waals surface area contributed by atoms with Gasteiger partial charge in [0.2, 0.25) is 0 Å². The summed E-state index contributed by atoms with van der Waals surface area (Å²) in [6.07, 6.45) is -2.73. The molecular formula is C9H10F2N2O2. The molecule has 0 fully saturated rings. The Balaban J connectivity index is 3.37. The molecule has 0 bridgehead atoms. The Bertz CT molecular complexity index is 394. The lowest BCUT2D eigenvalue weighted by Crippen LogP contribution is -2.12. The second-order valence-electron chi connectivity index (χ2n) is 2.98. The Labute approximate surface area is 84.7 Å². The summed E-state index contributed by atoms with van der Waals surface area (Å²) >= 11 is 0. The average molecular weight is 216 g/mol. The minimum absolute atomic E-state index is 0.0563. The van der Waals surface area contributed by atoms with E-state index in [1.54, 1.807) is 0 Å². The van der Waals surface area contributed by atoms with Crippen molar-refractivity contribution in [3.05, 3.63) is 28.6 Å². The maximum Gasteiger partial charge on any atom is 0.337 e. The van der Waals surface area contributed by atoms with Crippen molar-refractivity contribution in [2.24, 2.45) is 5.73 Å². The number of rotatable bonds is 3. The highest BCUT2D eigenvalue weighted by molar-refractivity contribution is 5.90. The van der Waals surface area contributed by atoms with Gasteiger partial charge in [0.05, 0.1) is 11.3 Å². The predicted molar refractivity (Wildman–Crippen MR) is 48.8 cm³/mol. The summed E-state index contributed by atoms with van der Waals surface area (Å²) in [6.45, 7) is 1.26.